The van der Waals surface area contributed by atoms with E-state index in [9.17, 15) is 19.1 Å². The third-order valence-corrected chi connectivity index (χ3v) is 6.59. The predicted octanol–water partition coefficient (Wildman–Crippen LogP) is 3.68. The monoisotopic (exact) mass is 395 g/mol. The van der Waals surface area contributed by atoms with Gasteiger partial charge in [-0.3, -0.25) is 9.59 Å². The first-order valence-electron chi connectivity index (χ1n) is 9.37. The highest BCUT2D eigenvalue weighted by Gasteiger charge is 2.61. The van der Waals surface area contributed by atoms with Gasteiger partial charge < -0.3 is 15.2 Å². The average Bonchev–Trinajstić information content (AvgIpc) is 2.55. The molecule has 2 N–H and O–H groups in total. The summed E-state index contributed by atoms with van der Waals surface area (Å²) in [6, 6.07) is 3.85. The highest BCUT2D eigenvalue weighted by atomic mass is 35.5. The Morgan fingerprint density at radius 1 is 1.30 bits per heavy atom. The van der Waals surface area contributed by atoms with Crippen molar-refractivity contribution in [3.8, 4) is 0 Å². The second-order valence-corrected chi connectivity index (χ2v) is 9.04. The van der Waals surface area contributed by atoms with Gasteiger partial charge in [0.05, 0.1) is 16.0 Å². The zero-order valence-electron chi connectivity index (χ0n) is 15.1. The molecule has 27 heavy (non-hydrogen) atoms. The van der Waals surface area contributed by atoms with Gasteiger partial charge in [0.15, 0.2) is 6.10 Å². The number of aliphatic hydroxyl groups is 1. The Kier molecular flexibility index (Phi) is 4.47. The molecule has 4 saturated carbocycles. The highest BCUT2D eigenvalue weighted by molar-refractivity contribution is 6.31. The molecule has 5 rings (SSSR count). The van der Waals surface area contributed by atoms with Gasteiger partial charge in [0.25, 0.3) is 5.91 Å². The van der Waals surface area contributed by atoms with Crippen LogP contribution in [0.1, 0.15) is 45.4 Å². The molecule has 0 aliphatic heterocycles. The molecule has 0 aromatic heterocycles. The lowest BCUT2D eigenvalue weighted by molar-refractivity contribution is -0.199. The van der Waals surface area contributed by atoms with Crippen molar-refractivity contribution < 1.29 is 23.8 Å². The van der Waals surface area contributed by atoms with Gasteiger partial charge in [-0.2, -0.15) is 0 Å². The predicted molar refractivity (Wildman–Crippen MR) is 97.7 cm³/mol. The molecule has 4 fully saturated rings. The smallest absolute Gasteiger partial charge is 0.312 e. The molecule has 7 heteroatoms. The molecule has 0 heterocycles. The maximum Gasteiger partial charge on any atom is 0.312 e. The van der Waals surface area contributed by atoms with Gasteiger partial charge in [-0.05, 0) is 75.5 Å². The third-order valence-electron chi connectivity index (χ3n) is 6.30. The van der Waals surface area contributed by atoms with Crippen LogP contribution in [-0.4, -0.2) is 28.7 Å². The SMILES string of the molecule is C[C@@H](OC(=O)C12C[C@@H]3C[C@@H](CC(O)(C3)C1)C2)C(=O)Nc1ccc(F)c(Cl)c1. The summed E-state index contributed by atoms with van der Waals surface area (Å²) in [7, 11) is 0. The summed E-state index contributed by atoms with van der Waals surface area (Å²) in [6.07, 6.45) is 3.48. The van der Waals surface area contributed by atoms with E-state index in [1.54, 1.807) is 0 Å². The summed E-state index contributed by atoms with van der Waals surface area (Å²) in [6.45, 7) is 1.51. The lowest BCUT2D eigenvalue weighted by atomic mass is 9.48. The third kappa shape index (κ3) is 3.45. The van der Waals surface area contributed by atoms with E-state index in [0.29, 0.717) is 23.9 Å². The van der Waals surface area contributed by atoms with E-state index in [1.165, 1.54) is 19.1 Å². The molecule has 0 saturated heterocycles. The van der Waals surface area contributed by atoms with E-state index in [1.807, 2.05) is 0 Å². The fourth-order valence-corrected chi connectivity index (χ4v) is 5.79. The highest BCUT2D eigenvalue weighted by Crippen LogP contribution is 2.62. The van der Waals surface area contributed by atoms with Gasteiger partial charge in [-0.15, -0.1) is 0 Å². The van der Waals surface area contributed by atoms with E-state index in [2.05, 4.69) is 5.32 Å². The summed E-state index contributed by atoms with van der Waals surface area (Å²) in [5.74, 6) is -0.762. The zero-order chi connectivity index (χ0) is 19.4. The number of nitrogens with one attached hydrogen (secondary N) is 1. The molecule has 5 atom stereocenters. The summed E-state index contributed by atoms with van der Waals surface area (Å²) >= 11 is 5.72. The van der Waals surface area contributed by atoms with Crippen LogP contribution in [0, 0.1) is 23.1 Å². The summed E-state index contributed by atoms with van der Waals surface area (Å²) < 4.78 is 18.7. The van der Waals surface area contributed by atoms with E-state index in [0.717, 1.165) is 38.2 Å². The Labute approximate surface area is 162 Å². The maximum atomic E-state index is 13.2. The number of rotatable bonds is 4. The first-order valence-corrected chi connectivity index (χ1v) is 9.75. The van der Waals surface area contributed by atoms with Gasteiger partial charge in [0, 0.05) is 5.69 Å². The second kappa shape index (κ2) is 6.45. The van der Waals surface area contributed by atoms with Crippen molar-refractivity contribution in [1.29, 1.82) is 0 Å². The normalized spacial score (nSPS) is 35.0. The Bertz CT molecular complexity index is 784. The largest absolute Gasteiger partial charge is 0.452 e. The van der Waals surface area contributed by atoms with Crippen molar-refractivity contribution in [2.24, 2.45) is 17.3 Å². The number of ether oxygens (including phenoxy) is 1. The molecule has 146 valence electrons. The number of halogens is 2. The molecule has 0 spiro atoms. The molecule has 1 aromatic rings. The molecule has 4 bridgehead atoms. The summed E-state index contributed by atoms with van der Waals surface area (Å²) in [5, 5.41) is 13.3. The number of amides is 1. The van der Waals surface area contributed by atoms with E-state index >= 15 is 0 Å². The van der Waals surface area contributed by atoms with Crippen molar-refractivity contribution in [2.45, 2.75) is 57.2 Å². The summed E-state index contributed by atoms with van der Waals surface area (Å²) in [5.41, 5.74) is -1.11. The standard InChI is InChI=1S/C20H23ClFNO4/c1-11(17(24)23-14-2-3-16(22)15(21)5-14)27-18(25)19-6-12-4-13(7-19)9-20(26,8-12)10-19/h2-3,5,11-13,26H,4,6-10H2,1H3,(H,23,24)/t11-,12-,13+,19?,20?/m1/s1. The lowest BCUT2D eigenvalue weighted by Gasteiger charge is -2.58. The topological polar surface area (TPSA) is 75.6 Å². The van der Waals surface area contributed by atoms with Crippen LogP contribution in [0.25, 0.3) is 0 Å². The van der Waals surface area contributed by atoms with Gasteiger partial charge in [0.1, 0.15) is 5.82 Å². The van der Waals surface area contributed by atoms with Crippen LogP contribution >= 0.6 is 11.6 Å². The Morgan fingerprint density at radius 3 is 2.56 bits per heavy atom. The van der Waals surface area contributed by atoms with Crippen LogP contribution < -0.4 is 5.32 Å². The van der Waals surface area contributed by atoms with E-state index in [-0.39, 0.29) is 5.02 Å². The molecule has 4 aliphatic carbocycles. The molecule has 1 aromatic carbocycles. The van der Waals surface area contributed by atoms with Gasteiger partial charge in [0.2, 0.25) is 0 Å². The van der Waals surface area contributed by atoms with Gasteiger partial charge in [-0.1, -0.05) is 11.6 Å². The number of hydrogen-bond donors (Lipinski definition) is 2. The molecular formula is C20H23ClFNO4. The molecule has 1 amide bonds. The van der Waals surface area contributed by atoms with Crippen molar-refractivity contribution in [3.63, 3.8) is 0 Å². The van der Waals surface area contributed by atoms with Crippen molar-refractivity contribution in [3.05, 3.63) is 29.0 Å². The fraction of sp³-hybridized carbons (Fsp3) is 0.600. The minimum Gasteiger partial charge on any atom is -0.452 e. The fourth-order valence-electron chi connectivity index (χ4n) is 5.61. The van der Waals surface area contributed by atoms with E-state index < -0.39 is 34.8 Å². The van der Waals surface area contributed by atoms with Crippen molar-refractivity contribution >= 4 is 29.2 Å². The minimum absolute atomic E-state index is 0.0979. The number of carbonyl (C=O) groups is 2. The lowest BCUT2D eigenvalue weighted by Crippen LogP contribution is -2.59. The number of esters is 1. The van der Waals surface area contributed by atoms with Crippen LogP contribution in [-0.2, 0) is 14.3 Å². The van der Waals surface area contributed by atoms with Gasteiger partial charge >= 0.3 is 5.97 Å². The van der Waals surface area contributed by atoms with Crippen LogP contribution in [0.3, 0.4) is 0 Å². The minimum atomic E-state index is -0.996. The van der Waals surface area contributed by atoms with Crippen LogP contribution in [0.2, 0.25) is 5.02 Å². The number of benzene rings is 1. The number of anilines is 1. The quantitative estimate of drug-likeness (QED) is 0.762. The summed E-state index contributed by atoms with van der Waals surface area (Å²) in [4.78, 5) is 25.3. The van der Waals surface area contributed by atoms with Gasteiger partial charge in [-0.25, -0.2) is 4.39 Å². The zero-order valence-corrected chi connectivity index (χ0v) is 15.9. The second-order valence-electron chi connectivity index (χ2n) is 8.63. The molecule has 2 unspecified atom stereocenters. The van der Waals surface area contributed by atoms with Crippen molar-refractivity contribution in [1.82, 2.24) is 0 Å². The first-order chi connectivity index (χ1) is 12.7. The molecule has 5 nitrogen and oxygen atoms in total. The van der Waals surface area contributed by atoms with Crippen LogP contribution in [0.4, 0.5) is 10.1 Å². The Hall–Kier alpha value is -1.66. The average molecular weight is 396 g/mol. The molecular weight excluding hydrogens is 373 g/mol. The Morgan fingerprint density at radius 2 is 1.96 bits per heavy atom. The first kappa shape index (κ1) is 18.7. The van der Waals surface area contributed by atoms with E-state index in [4.69, 9.17) is 16.3 Å². The van der Waals surface area contributed by atoms with Crippen LogP contribution in [0.5, 0.6) is 0 Å². The Balaban J connectivity index is 1.42. The molecule has 0 radical (unpaired) electrons. The number of hydrogen-bond acceptors (Lipinski definition) is 4. The van der Waals surface area contributed by atoms with Crippen molar-refractivity contribution in [2.75, 3.05) is 5.32 Å². The number of carbonyl (C=O) groups excluding carboxylic acids is 2. The maximum absolute atomic E-state index is 13.2. The molecule has 4 aliphatic rings. The van der Waals surface area contributed by atoms with Crippen LogP contribution in [0.15, 0.2) is 18.2 Å².